The Balaban J connectivity index is 2.56. The molecule has 1 unspecified atom stereocenters. The van der Waals surface area contributed by atoms with E-state index in [9.17, 15) is 9.59 Å². The number of rotatable bonds is 8. The lowest BCUT2D eigenvalue weighted by molar-refractivity contribution is -0.109. The first-order chi connectivity index (χ1) is 12.2. The third-order valence-corrected chi connectivity index (χ3v) is 6.49. The van der Waals surface area contributed by atoms with Crippen molar-refractivity contribution >= 4 is 26.4 Å². The quantitative estimate of drug-likeness (QED) is 0.373. The minimum absolute atomic E-state index is 0.185. The standard InChI is InChI=1S/C21H30O4Si/c1-7-16-15(3)18-13-25-21(23)19(18)20(24-10-11-26(4,5)6)17(16)9-8-14(2)12-22/h8-9,12,14H,7,10-11,13H2,1-6H3/b9-8+. The lowest BCUT2D eigenvalue weighted by Crippen LogP contribution is -2.23. The normalized spacial score (nSPS) is 15.1. The molecule has 0 fully saturated rings. The first kappa shape index (κ1) is 20.4. The van der Waals surface area contributed by atoms with Gasteiger partial charge in [-0.3, -0.25) is 0 Å². The molecular formula is C21H30O4Si. The van der Waals surface area contributed by atoms with Gasteiger partial charge < -0.3 is 14.3 Å². The van der Waals surface area contributed by atoms with E-state index < -0.39 is 8.07 Å². The van der Waals surface area contributed by atoms with Crippen molar-refractivity contribution in [1.82, 2.24) is 0 Å². The van der Waals surface area contributed by atoms with Gasteiger partial charge in [-0.05, 0) is 30.5 Å². The fraction of sp³-hybridized carbons (Fsp3) is 0.524. The molecule has 142 valence electrons. The van der Waals surface area contributed by atoms with Gasteiger partial charge in [0.2, 0.25) is 0 Å². The van der Waals surface area contributed by atoms with E-state index in [1.54, 1.807) is 0 Å². The maximum absolute atomic E-state index is 12.4. The Kier molecular flexibility index (Phi) is 6.45. The summed E-state index contributed by atoms with van der Waals surface area (Å²) in [7, 11) is -1.25. The van der Waals surface area contributed by atoms with Gasteiger partial charge >= 0.3 is 5.97 Å². The lowest BCUT2D eigenvalue weighted by atomic mass is 9.90. The van der Waals surface area contributed by atoms with Gasteiger partial charge in [0.25, 0.3) is 0 Å². The van der Waals surface area contributed by atoms with Crippen LogP contribution in [0.1, 0.15) is 46.5 Å². The molecule has 1 aromatic rings. The Hall–Kier alpha value is -1.88. The van der Waals surface area contributed by atoms with Gasteiger partial charge in [-0.25, -0.2) is 4.79 Å². The van der Waals surface area contributed by atoms with Crippen molar-refractivity contribution in [3.05, 3.63) is 33.9 Å². The maximum atomic E-state index is 12.4. The summed E-state index contributed by atoms with van der Waals surface area (Å²) in [6.07, 6.45) is 5.52. The molecule has 0 amide bonds. The van der Waals surface area contributed by atoms with Crippen LogP contribution in [-0.2, 0) is 22.6 Å². The first-order valence-electron chi connectivity index (χ1n) is 9.31. The van der Waals surface area contributed by atoms with E-state index in [4.69, 9.17) is 9.47 Å². The Morgan fingerprint density at radius 2 is 2.00 bits per heavy atom. The minimum atomic E-state index is -1.25. The summed E-state index contributed by atoms with van der Waals surface area (Å²) in [4.78, 5) is 23.4. The molecule has 1 aliphatic heterocycles. The molecule has 0 aliphatic carbocycles. The molecule has 2 rings (SSSR count). The third kappa shape index (κ3) is 4.44. The monoisotopic (exact) mass is 374 g/mol. The maximum Gasteiger partial charge on any atom is 0.342 e. The number of benzene rings is 1. The van der Waals surface area contributed by atoms with Crippen LogP contribution >= 0.6 is 0 Å². The summed E-state index contributed by atoms with van der Waals surface area (Å²) in [6, 6.07) is 1.01. The molecule has 0 spiro atoms. The van der Waals surface area contributed by atoms with Crippen molar-refractivity contribution in [2.45, 2.75) is 59.5 Å². The van der Waals surface area contributed by atoms with E-state index in [1.807, 2.05) is 26.0 Å². The molecule has 0 bridgehead atoms. The number of ether oxygens (including phenoxy) is 2. The van der Waals surface area contributed by atoms with Crippen LogP contribution in [0.15, 0.2) is 6.08 Å². The molecule has 26 heavy (non-hydrogen) atoms. The number of fused-ring (bicyclic) bond motifs is 1. The van der Waals surface area contributed by atoms with E-state index in [0.29, 0.717) is 24.5 Å². The van der Waals surface area contributed by atoms with E-state index in [1.165, 1.54) is 0 Å². The van der Waals surface area contributed by atoms with Crippen molar-refractivity contribution < 1.29 is 19.1 Å². The molecule has 0 N–H and O–H groups in total. The number of cyclic esters (lactones) is 1. The van der Waals surface area contributed by atoms with Gasteiger partial charge in [0.05, 0.1) is 6.61 Å². The Labute approximate surface area is 157 Å². The topological polar surface area (TPSA) is 52.6 Å². The third-order valence-electron chi connectivity index (χ3n) is 4.79. The predicted molar refractivity (Wildman–Crippen MR) is 108 cm³/mol. The minimum Gasteiger partial charge on any atom is -0.492 e. The molecule has 1 heterocycles. The molecule has 4 nitrogen and oxygen atoms in total. The zero-order valence-electron chi connectivity index (χ0n) is 16.8. The molecule has 5 heteroatoms. The van der Waals surface area contributed by atoms with E-state index in [0.717, 1.165) is 41.0 Å². The van der Waals surface area contributed by atoms with Crippen LogP contribution in [0.25, 0.3) is 6.08 Å². The molecular weight excluding hydrogens is 344 g/mol. The van der Waals surface area contributed by atoms with Crippen LogP contribution in [-0.4, -0.2) is 26.9 Å². The highest BCUT2D eigenvalue weighted by atomic mass is 28.3. The van der Waals surface area contributed by atoms with Crippen LogP contribution in [0.2, 0.25) is 25.7 Å². The molecule has 1 aliphatic rings. The molecule has 1 atom stereocenters. The summed E-state index contributed by atoms with van der Waals surface area (Å²) in [6.45, 7) is 13.8. The fourth-order valence-corrected chi connectivity index (χ4v) is 3.84. The number of hydrogen-bond acceptors (Lipinski definition) is 4. The number of esters is 1. The van der Waals surface area contributed by atoms with E-state index >= 15 is 0 Å². The van der Waals surface area contributed by atoms with E-state index in [-0.39, 0.29) is 11.9 Å². The molecule has 0 radical (unpaired) electrons. The predicted octanol–water partition coefficient (Wildman–Crippen LogP) is 4.79. The smallest absolute Gasteiger partial charge is 0.342 e. The van der Waals surface area contributed by atoms with Crippen LogP contribution < -0.4 is 4.74 Å². The second kappa shape index (κ2) is 8.21. The van der Waals surface area contributed by atoms with Crippen LogP contribution in [0, 0.1) is 12.8 Å². The van der Waals surface area contributed by atoms with Crippen molar-refractivity contribution in [3.8, 4) is 5.75 Å². The molecule has 1 aromatic carbocycles. The van der Waals surface area contributed by atoms with Crippen LogP contribution in [0.3, 0.4) is 0 Å². The number of hydrogen-bond donors (Lipinski definition) is 0. The van der Waals surface area contributed by atoms with Gasteiger partial charge in [0.1, 0.15) is 24.2 Å². The average Bonchev–Trinajstić information content (AvgIpc) is 2.96. The van der Waals surface area contributed by atoms with Crippen molar-refractivity contribution in [3.63, 3.8) is 0 Å². The average molecular weight is 375 g/mol. The molecule has 0 aromatic heterocycles. The molecule has 0 saturated heterocycles. The van der Waals surface area contributed by atoms with Crippen LogP contribution in [0.5, 0.6) is 5.75 Å². The highest BCUT2D eigenvalue weighted by Crippen LogP contribution is 2.39. The van der Waals surface area contributed by atoms with Crippen LogP contribution in [0.4, 0.5) is 0 Å². The first-order valence-corrected chi connectivity index (χ1v) is 13.0. The second-order valence-electron chi connectivity index (χ2n) is 8.14. The van der Waals surface area contributed by atoms with Crippen molar-refractivity contribution in [1.29, 1.82) is 0 Å². The SMILES string of the molecule is CCc1c(C)c2c(c(OCC[Si](C)(C)C)c1/C=C/C(C)C=O)C(=O)OC2. The highest BCUT2D eigenvalue weighted by molar-refractivity contribution is 6.76. The van der Waals surface area contributed by atoms with Gasteiger partial charge in [-0.1, -0.05) is 45.6 Å². The van der Waals surface area contributed by atoms with Gasteiger partial charge in [-0.2, -0.15) is 0 Å². The zero-order valence-corrected chi connectivity index (χ0v) is 17.8. The summed E-state index contributed by atoms with van der Waals surface area (Å²) in [5.74, 6) is 0.124. The Morgan fingerprint density at radius 1 is 1.31 bits per heavy atom. The number of carbonyl (C=O) groups is 2. The van der Waals surface area contributed by atoms with Gasteiger partial charge in [0, 0.05) is 25.1 Å². The fourth-order valence-electron chi connectivity index (χ4n) is 3.12. The Bertz CT molecular complexity index is 729. The number of carbonyl (C=O) groups excluding carboxylic acids is 2. The van der Waals surface area contributed by atoms with Crippen molar-refractivity contribution in [2.75, 3.05) is 6.61 Å². The largest absolute Gasteiger partial charge is 0.492 e. The van der Waals surface area contributed by atoms with E-state index in [2.05, 4.69) is 26.6 Å². The summed E-state index contributed by atoms with van der Waals surface area (Å²) in [5, 5.41) is 0. The summed E-state index contributed by atoms with van der Waals surface area (Å²) < 4.78 is 11.5. The summed E-state index contributed by atoms with van der Waals surface area (Å²) >= 11 is 0. The van der Waals surface area contributed by atoms with Gasteiger partial charge in [0.15, 0.2) is 0 Å². The zero-order chi connectivity index (χ0) is 19.5. The highest BCUT2D eigenvalue weighted by Gasteiger charge is 2.32. The lowest BCUT2D eigenvalue weighted by Gasteiger charge is -2.21. The number of allylic oxidation sites excluding steroid dienone is 1. The Morgan fingerprint density at radius 3 is 2.58 bits per heavy atom. The molecule has 0 saturated carbocycles. The van der Waals surface area contributed by atoms with Crippen molar-refractivity contribution in [2.24, 2.45) is 5.92 Å². The summed E-state index contributed by atoms with van der Waals surface area (Å²) in [5.41, 5.74) is 4.65. The number of aldehydes is 1. The van der Waals surface area contributed by atoms with Gasteiger partial charge in [-0.15, -0.1) is 0 Å². The second-order valence-corrected chi connectivity index (χ2v) is 13.8.